The molecule has 0 radical (unpaired) electrons. The van der Waals surface area contributed by atoms with Gasteiger partial charge in [0.1, 0.15) is 5.69 Å². The van der Waals surface area contributed by atoms with Crippen LogP contribution in [0.4, 0.5) is 5.69 Å². The molecule has 0 fully saturated rings. The van der Waals surface area contributed by atoms with Crippen molar-refractivity contribution in [3.8, 4) is 10.6 Å². The number of thiophene rings is 1. The molecule has 4 heteroatoms. The number of aromatic nitrogens is 1. The van der Waals surface area contributed by atoms with Gasteiger partial charge in [0.05, 0.1) is 11.1 Å². The number of rotatable bonds is 1. The van der Waals surface area contributed by atoms with Crippen molar-refractivity contribution in [1.29, 1.82) is 0 Å². The first kappa shape index (κ1) is 9.42. The summed E-state index contributed by atoms with van der Waals surface area (Å²) in [7, 11) is 0. The van der Waals surface area contributed by atoms with E-state index >= 15 is 0 Å². The van der Waals surface area contributed by atoms with E-state index in [-0.39, 0.29) is 0 Å². The maximum absolute atomic E-state index is 5.77. The van der Waals surface area contributed by atoms with Gasteiger partial charge in [-0.25, -0.2) is 0 Å². The summed E-state index contributed by atoms with van der Waals surface area (Å²) in [6, 6.07) is 8.46. The Bertz CT molecular complexity index is 654. The van der Waals surface area contributed by atoms with E-state index in [1.165, 1.54) is 21.8 Å². The zero-order chi connectivity index (χ0) is 11.1. The number of nitrogens with two attached hydrogens (primary N) is 1. The van der Waals surface area contributed by atoms with Gasteiger partial charge in [-0.1, -0.05) is 22.9 Å². The van der Waals surface area contributed by atoms with Crippen LogP contribution in [0, 0.1) is 6.92 Å². The smallest absolute Gasteiger partial charge is 0.199 e. The van der Waals surface area contributed by atoms with Crippen molar-refractivity contribution in [2.75, 3.05) is 5.73 Å². The predicted molar refractivity (Wildman–Crippen MR) is 66.5 cm³/mol. The normalized spacial score (nSPS) is 11.1. The Hall–Kier alpha value is -1.81. The zero-order valence-corrected chi connectivity index (χ0v) is 9.54. The molecular formula is C12H10N2OS. The maximum Gasteiger partial charge on any atom is 0.199 e. The lowest BCUT2D eigenvalue weighted by atomic mass is 10.2. The van der Waals surface area contributed by atoms with Gasteiger partial charge in [-0.2, -0.15) is 0 Å². The fourth-order valence-electron chi connectivity index (χ4n) is 1.71. The molecule has 0 atom stereocenters. The third kappa shape index (κ3) is 1.39. The minimum absolute atomic E-state index is 0.586. The second-order valence-corrected chi connectivity index (χ2v) is 4.85. The molecular weight excluding hydrogens is 220 g/mol. The minimum Gasteiger partial charge on any atom is -0.394 e. The van der Waals surface area contributed by atoms with Crippen molar-refractivity contribution in [2.45, 2.75) is 6.92 Å². The number of benzene rings is 1. The van der Waals surface area contributed by atoms with Crippen LogP contribution in [0.25, 0.3) is 20.7 Å². The van der Waals surface area contributed by atoms with Crippen molar-refractivity contribution in [3.05, 3.63) is 36.0 Å². The molecule has 80 valence electrons. The lowest BCUT2D eigenvalue weighted by Gasteiger charge is -1.89. The Morgan fingerprint density at radius 1 is 1.31 bits per heavy atom. The SMILES string of the molecule is Cc1ccc2sc(-c3oncc3N)cc2c1. The third-order valence-electron chi connectivity index (χ3n) is 2.49. The number of hydrogen-bond donors (Lipinski definition) is 1. The quantitative estimate of drug-likeness (QED) is 0.696. The molecule has 0 spiro atoms. The summed E-state index contributed by atoms with van der Waals surface area (Å²) in [5, 5.41) is 4.91. The van der Waals surface area contributed by atoms with E-state index in [0.717, 1.165) is 4.88 Å². The Morgan fingerprint density at radius 3 is 2.94 bits per heavy atom. The van der Waals surface area contributed by atoms with Gasteiger partial charge in [0, 0.05) is 4.70 Å². The van der Waals surface area contributed by atoms with Crippen molar-refractivity contribution >= 4 is 27.1 Å². The average molecular weight is 230 g/mol. The molecule has 0 amide bonds. The summed E-state index contributed by atoms with van der Waals surface area (Å²) in [4.78, 5) is 1.02. The highest BCUT2D eigenvalue weighted by Crippen LogP contribution is 2.36. The van der Waals surface area contributed by atoms with E-state index in [4.69, 9.17) is 10.3 Å². The molecule has 0 bridgehead atoms. The Kier molecular flexibility index (Phi) is 1.97. The van der Waals surface area contributed by atoms with Gasteiger partial charge in [0.25, 0.3) is 0 Å². The van der Waals surface area contributed by atoms with Gasteiger partial charge in [-0.3, -0.25) is 0 Å². The molecule has 0 aliphatic carbocycles. The molecule has 2 N–H and O–H groups in total. The van der Waals surface area contributed by atoms with Gasteiger partial charge >= 0.3 is 0 Å². The molecule has 16 heavy (non-hydrogen) atoms. The van der Waals surface area contributed by atoms with E-state index in [2.05, 4.69) is 36.3 Å². The molecule has 0 unspecified atom stereocenters. The second kappa shape index (κ2) is 3.35. The predicted octanol–water partition coefficient (Wildman–Crippen LogP) is 3.45. The summed E-state index contributed by atoms with van der Waals surface area (Å²) in [6.45, 7) is 2.08. The number of nitrogens with zero attached hydrogens (tertiary/aromatic N) is 1. The van der Waals surface area contributed by atoms with Crippen LogP contribution in [-0.4, -0.2) is 5.16 Å². The van der Waals surface area contributed by atoms with Gasteiger partial charge < -0.3 is 10.3 Å². The molecule has 0 saturated heterocycles. The summed E-state index contributed by atoms with van der Waals surface area (Å²) < 4.78 is 6.38. The molecule has 2 aromatic heterocycles. The van der Waals surface area contributed by atoms with Gasteiger partial charge in [-0.15, -0.1) is 11.3 Å². The molecule has 0 aliphatic rings. The maximum atomic E-state index is 5.77. The van der Waals surface area contributed by atoms with Crippen LogP contribution in [0.2, 0.25) is 0 Å². The van der Waals surface area contributed by atoms with Gasteiger partial charge in [0.2, 0.25) is 0 Å². The molecule has 2 heterocycles. The third-order valence-corrected chi connectivity index (χ3v) is 3.61. The molecule has 1 aromatic carbocycles. The Labute approximate surface area is 96.5 Å². The van der Waals surface area contributed by atoms with E-state index < -0.39 is 0 Å². The summed E-state index contributed by atoms with van der Waals surface area (Å²) in [6.07, 6.45) is 1.53. The highest BCUT2D eigenvalue weighted by atomic mass is 32.1. The first-order valence-corrected chi connectivity index (χ1v) is 5.76. The number of anilines is 1. The largest absolute Gasteiger partial charge is 0.394 e. The number of hydrogen-bond acceptors (Lipinski definition) is 4. The van der Waals surface area contributed by atoms with Crippen LogP contribution >= 0.6 is 11.3 Å². The fraction of sp³-hybridized carbons (Fsp3) is 0.0833. The van der Waals surface area contributed by atoms with Crippen LogP contribution in [-0.2, 0) is 0 Å². The van der Waals surface area contributed by atoms with Crippen LogP contribution in [0.15, 0.2) is 35.0 Å². The fourth-order valence-corrected chi connectivity index (χ4v) is 2.75. The monoisotopic (exact) mass is 230 g/mol. The standard InChI is InChI=1S/C12H10N2OS/c1-7-2-3-10-8(4-7)5-11(16-10)12-9(13)6-14-15-12/h2-6H,13H2,1H3. The summed E-state index contributed by atoms with van der Waals surface area (Å²) in [5.41, 5.74) is 7.61. The lowest BCUT2D eigenvalue weighted by molar-refractivity contribution is 0.433. The minimum atomic E-state index is 0.586. The molecule has 3 nitrogen and oxygen atoms in total. The number of nitrogen functional groups attached to an aromatic ring is 1. The van der Waals surface area contributed by atoms with Crippen LogP contribution in [0.1, 0.15) is 5.56 Å². The molecule has 0 saturated carbocycles. The van der Waals surface area contributed by atoms with Crippen molar-refractivity contribution in [3.63, 3.8) is 0 Å². The number of fused-ring (bicyclic) bond motifs is 1. The lowest BCUT2D eigenvalue weighted by Crippen LogP contribution is -1.81. The highest BCUT2D eigenvalue weighted by Gasteiger charge is 2.11. The van der Waals surface area contributed by atoms with Crippen molar-refractivity contribution in [2.24, 2.45) is 0 Å². The van der Waals surface area contributed by atoms with E-state index in [0.29, 0.717) is 11.4 Å². The van der Waals surface area contributed by atoms with Crippen molar-refractivity contribution in [1.82, 2.24) is 5.16 Å². The van der Waals surface area contributed by atoms with E-state index in [1.54, 1.807) is 11.3 Å². The van der Waals surface area contributed by atoms with E-state index in [9.17, 15) is 0 Å². The summed E-state index contributed by atoms with van der Waals surface area (Å²) >= 11 is 1.66. The topological polar surface area (TPSA) is 52.0 Å². The number of aryl methyl sites for hydroxylation is 1. The Morgan fingerprint density at radius 2 is 2.19 bits per heavy atom. The molecule has 3 aromatic rings. The first-order chi connectivity index (χ1) is 7.74. The summed E-state index contributed by atoms with van der Waals surface area (Å²) in [5.74, 6) is 0.666. The van der Waals surface area contributed by atoms with E-state index in [1.807, 2.05) is 0 Å². The first-order valence-electron chi connectivity index (χ1n) is 4.95. The van der Waals surface area contributed by atoms with Gasteiger partial charge in [-0.05, 0) is 24.4 Å². The Balaban J connectivity index is 2.23. The van der Waals surface area contributed by atoms with Crippen molar-refractivity contribution < 1.29 is 4.52 Å². The second-order valence-electron chi connectivity index (χ2n) is 3.76. The van der Waals surface area contributed by atoms with Crippen LogP contribution < -0.4 is 5.73 Å². The average Bonchev–Trinajstić information content (AvgIpc) is 2.82. The highest BCUT2D eigenvalue weighted by molar-refractivity contribution is 7.22. The van der Waals surface area contributed by atoms with Crippen LogP contribution in [0.3, 0.4) is 0 Å². The molecule has 3 rings (SSSR count). The zero-order valence-electron chi connectivity index (χ0n) is 8.73. The molecule has 0 aliphatic heterocycles. The van der Waals surface area contributed by atoms with Crippen LogP contribution in [0.5, 0.6) is 0 Å². The van der Waals surface area contributed by atoms with Gasteiger partial charge in [0.15, 0.2) is 5.76 Å².